The Bertz CT molecular complexity index is 569. The van der Waals surface area contributed by atoms with Crippen LogP contribution in [0.25, 0.3) is 5.65 Å². The standard InChI is InChI=1S/C16H24N4/c1-3-5-12(2)14-10-16-18-9-7-15(20(16)19-14)13-6-4-8-17-11-13/h7,9-10,12-13,17H,3-6,8,11H2,1-2H3. The van der Waals surface area contributed by atoms with Gasteiger partial charge in [-0.3, -0.25) is 0 Å². The van der Waals surface area contributed by atoms with Crippen molar-refractivity contribution in [2.24, 2.45) is 0 Å². The zero-order valence-electron chi connectivity index (χ0n) is 12.5. The van der Waals surface area contributed by atoms with Crippen molar-refractivity contribution in [1.82, 2.24) is 19.9 Å². The van der Waals surface area contributed by atoms with E-state index < -0.39 is 0 Å². The van der Waals surface area contributed by atoms with Gasteiger partial charge in [-0.1, -0.05) is 20.3 Å². The highest BCUT2D eigenvalue weighted by Gasteiger charge is 2.19. The van der Waals surface area contributed by atoms with Crippen molar-refractivity contribution in [2.75, 3.05) is 13.1 Å². The van der Waals surface area contributed by atoms with Gasteiger partial charge in [0.1, 0.15) is 0 Å². The van der Waals surface area contributed by atoms with E-state index >= 15 is 0 Å². The van der Waals surface area contributed by atoms with Crippen LogP contribution in [-0.4, -0.2) is 27.7 Å². The van der Waals surface area contributed by atoms with E-state index in [4.69, 9.17) is 5.10 Å². The summed E-state index contributed by atoms with van der Waals surface area (Å²) in [5.74, 6) is 1.07. The summed E-state index contributed by atoms with van der Waals surface area (Å²) in [5, 5.41) is 8.32. The van der Waals surface area contributed by atoms with E-state index in [-0.39, 0.29) is 0 Å². The van der Waals surface area contributed by atoms with Crippen LogP contribution in [0.2, 0.25) is 0 Å². The summed E-state index contributed by atoms with van der Waals surface area (Å²) in [6.45, 7) is 6.68. The van der Waals surface area contributed by atoms with Crippen LogP contribution in [0.5, 0.6) is 0 Å². The number of piperidine rings is 1. The lowest BCUT2D eigenvalue weighted by Gasteiger charge is -2.23. The Kier molecular flexibility index (Phi) is 4.01. The van der Waals surface area contributed by atoms with E-state index in [0.717, 1.165) is 18.7 Å². The monoisotopic (exact) mass is 272 g/mol. The van der Waals surface area contributed by atoms with Crippen LogP contribution in [0.1, 0.15) is 62.8 Å². The van der Waals surface area contributed by atoms with Gasteiger partial charge in [-0.15, -0.1) is 0 Å². The number of aromatic nitrogens is 3. The molecule has 0 amide bonds. The second-order valence-electron chi connectivity index (χ2n) is 5.94. The fourth-order valence-corrected chi connectivity index (χ4v) is 3.17. The lowest BCUT2D eigenvalue weighted by molar-refractivity contribution is 0.447. The SMILES string of the molecule is CCCC(C)c1cc2nccc(C3CCCNC3)n2n1. The lowest BCUT2D eigenvalue weighted by atomic mass is 9.96. The average molecular weight is 272 g/mol. The number of rotatable bonds is 4. The molecule has 3 heterocycles. The summed E-state index contributed by atoms with van der Waals surface area (Å²) in [5.41, 5.74) is 3.47. The van der Waals surface area contributed by atoms with Crippen molar-refractivity contribution in [3.05, 3.63) is 29.7 Å². The molecule has 1 aliphatic heterocycles. The van der Waals surface area contributed by atoms with Gasteiger partial charge in [0.05, 0.1) is 11.4 Å². The minimum Gasteiger partial charge on any atom is -0.316 e. The highest BCUT2D eigenvalue weighted by atomic mass is 15.3. The van der Waals surface area contributed by atoms with Crippen molar-refractivity contribution < 1.29 is 0 Å². The van der Waals surface area contributed by atoms with Gasteiger partial charge in [0, 0.05) is 30.6 Å². The summed E-state index contributed by atoms with van der Waals surface area (Å²) in [7, 11) is 0. The van der Waals surface area contributed by atoms with Gasteiger partial charge >= 0.3 is 0 Å². The predicted molar refractivity (Wildman–Crippen MR) is 81.2 cm³/mol. The summed E-state index contributed by atoms with van der Waals surface area (Å²) in [6.07, 6.45) is 6.79. The van der Waals surface area contributed by atoms with Crippen LogP contribution in [-0.2, 0) is 0 Å². The van der Waals surface area contributed by atoms with E-state index in [1.807, 2.05) is 6.20 Å². The maximum atomic E-state index is 4.83. The largest absolute Gasteiger partial charge is 0.316 e. The summed E-state index contributed by atoms with van der Waals surface area (Å²) < 4.78 is 2.07. The molecule has 1 fully saturated rings. The Balaban J connectivity index is 1.96. The number of hydrogen-bond acceptors (Lipinski definition) is 3. The van der Waals surface area contributed by atoms with Gasteiger partial charge in [-0.05, 0) is 31.9 Å². The van der Waals surface area contributed by atoms with E-state index in [1.54, 1.807) is 0 Å². The van der Waals surface area contributed by atoms with Gasteiger partial charge in [-0.2, -0.15) is 5.10 Å². The molecule has 4 heteroatoms. The third kappa shape index (κ3) is 2.57. The fraction of sp³-hybridized carbons (Fsp3) is 0.625. The predicted octanol–water partition coefficient (Wildman–Crippen LogP) is 3.10. The molecule has 4 nitrogen and oxygen atoms in total. The van der Waals surface area contributed by atoms with Crippen LogP contribution < -0.4 is 5.32 Å². The lowest BCUT2D eigenvalue weighted by Crippen LogP contribution is -2.29. The Morgan fingerprint density at radius 1 is 1.50 bits per heavy atom. The molecular formula is C16H24N4. The number of hydrogen-bond donors (Lipinski definition) is 1. The first-order valence-corrected chi connectivity index (χ1v) is 7.85. The Hall–Kier alpha value is -1.42. The second kappa shape index (κ2) is 5.92. The molecule has 0 radical (unpaired) electrons. The van der Waals surface area contributed by atoms with E-state index in [9.17, 15) is 0 Å². The van der Waals surface area contributed by atoms with Gasteiger partial charge in [0.2, 0.25) is 0 Å². The number of fused-ring (bicyclic) bond motifs is 1. The quantitative estimate of drug-likeness (QED) is 0.930. The van der Waals surface area contributed by atoms with Gasteiger partial charge in [0.15, 0.2) is 5.65 Å². The Morgan fingerprint density at radius 2 is 2.40 bits per heavy atom. The first-order chi connectivity index (χ1) is 9.79. The molecule has 0 spiro atoms. The maximum Gasteiger partial charge on any atom is 0.155 e. The van der Waals surface area contributed by atoms with Gasteiger partial charge in [-0.25, -0.2) is 9.50 Å². The molecule has 3 rings (SSSR count). The third-order valence-corrected chi connectivity index (χ3v) is 4.35. The van der Waals surface area contributed by atoms with E-state index in [2.05, 4.69) is 40.8 Å². The summed E-state index contributed by atoms with van der Waals surface area (Å²) >= 11 is 0. The molecule has 2 aromatic heterocycles. The molecule has 0 bridgehead atoms. The van der Waals surface area contributed by atoms with Crippen LogP contribution >= 0.6 is 0 Å². The smallest absolute Gasteiger partial charge is 0.155 e. The van der Waals surface area contributed by atoms with Crippen LogP contribution in [0.15, 0.2) is 18.3 Å². The van der Waals surface area contributed by atoms with Crippen molar-refractivity contribution in [2.45, 2.75) is 51.4 Å². The number of nitrogens with zero attached hydrogens (tertiary/aromatic N) is 3. The highest BCUT2D eigenvalue weighted by Crippen LogP contribution is 2.25. The Morgan fingerprint density at radius 3 is 3.15 bits per heavy atom. The van der Waals surface area contributed by atoms with Crippen molar-refractivity contribution in [3.63, 3.8) is 0 Å². The van der Waals surface area contributed by atoms with Crippen molar-refractivity contribution >= 4 is 5.65 Å². The average Bonchev–Trinajstić information content (AvgIpc) is 2.92. The zero-order valence-corrected chi connectivity index (χ0v) is 12.5. The highest BCUT2D eigenvalue weighted by molar-refractivity contribution is 5.41. The molecule has 1 N–H and O–H groups in total. The first-order valence-electron chi connectivity index (χ1n) is 7.85. The molecule has 1 saturated heterocycles. The van der Waals surface area contributed by atoms with Crippen LogP contribution in [0.3, 0.4) is 0 Å². The topological polar surface area (TPSA) is 42.2 Å². The summed E-state index contributed by atoms with van der Waals surface area (Å²) in [6, 6.07) is 4.28. The van der Waals surface area contributed by atoms with Gasteiger partial charge in [0.25, 0.3) is 0 Å². The normalized spacial score (nSPS) is 21.2. The molecule has 0 aromatic carbocycles. The molecular weight excluding hydrogens is 248 g/mol. The number of nitrogens with one attached hydrogen (secondary N) is 1. The van der Waals surface area contributed by atoms with Crippen LogP contribution in [0, 0.1) is 0 Å². The van der Waals surface area contributed by atoms with E-state index in [1.165, 1.54) is 37.1 Å². The molecule has 20 heavy (non-hydrogen) atoms. The van der Waals surface area contributed by atoms with Crippen molar-refractivity contribution in [1.29, 1.82) is 0 Å². The zero-order chi connectivity index (χ0) is 13.9. The molecule has 1 aliphatic rings. The molecule has 0 saturated carbocycles. The molecule has 108 valence electrons. The Labute approximate surface area is 120 Å². The minimum atomic E-state index is 0.513. The molecule has 2 unspecified atom stereocenters. The molecule has 2 atom stereocenters. The van der Waals surface area contributed by atoms with Crippen LogP contribution in [0.4, 0.5) is 0 Å². The third-order valence-electron chi connectivity index (χ3n) is 4.35. The van der Waals surface area contributed by atoms with E-state index in [0.29, 0.717) is 11.8 Å². The maximum absolute atomic E-state index is 4.83. The van der Waals surface area contributed by atoms with Crippen molar-refractivity contribution in [3.8, 4) is 0 Å². The fourth-order valence-electron chi connectivity index (χ4n) is 3.17. The van der Waals surface area contributed by atoms with Gasteiger partial charge < -0.3 is 5.32 Å². The minimum absolute atomic E-state index is 0.513. The summed E-state index contributed by atoms with van der Waals surface area (Å²) in [4.78, 5) is 4.48. The molecule has 0 aliphatic carbocycles. The second-order valence-corrected chi connectivity index (χ2v) is 5.94. The first kappa shape index (κ1) is 13.6. The molecule has 2 aromatic rings.